The largest absolute Gasteiger partial charge is 0.485 e. The fourth-order valence-corrected chi connectivity index (χ4v) is 2.08. The first-order chi connectivity index (χ1) is 8.13. The molecule has 0 radical (unpaired) electrons. The predicted octanol–water partition coefficient (Wildman–Crippen LogP) is 2.60. The smallest absolute Gasteiger partial charge is 0.309 e. The Hall–Kier alpha value is -1.29. The van der Waals surface area contributed by atoms with E-state index in [-0.39, 0.29) is 12.4 Å². The number of hydrogen-bond donors (Lipinski definition) is 0. The molecule has 1 aromatic heterocycles. The van der Waals surface area contributed by atoms with Crippen molar-refractivity contribution in [3.8, 4) is 5.75 Å². The molecular weight excluding hydrogens is 242 g/mol. The monoisotopic (exact) mass is 255 g/mol. The number of carbonyl (C=O) groups is 1. The Kier molecular flexibility index (Phi) is 3.52. The molecule has 4 nitrogen and oxygen atoms in total. The Balaban J connectivity index is 2.06. The third-order valence-electron chi connectivity index (χ3n) is 2.97. The lowest BCUT2D eigenvalue weighted by molar-refractivity contribution is -0.148. The quantitative estimate of drug-likeness (QED) is 0.776. The highest BCUT2D eigenvalue weighted by molar-refractivity contribution is 6.30. The lowest BCUT2D eigenvalue weighted by Gasteiger charge is -2.40. The topological polar surface area (TPSA) is 48.4 Å². The molecule has 17 heavy (non-hydrogen) atoms. The summed E-state index contributed by atoms with van der Waals surface area (Å²) in [6.45, 7) is 0. The molecule has 0 saturated heterocycles. The maximum Gasteiger partial charge on any atom is 0.309 e. The second-order valence-corrected chi connectivity index (χ2v) is 4.67. The van der Waals surface area contributed by atoms with Gasteiger partial charge in [-0.15, -0.1) is 0 Å². The van der Waals surface area contributed by atoms with Gasteiger partial charge < -0.3 is 9.47 Å². The van der Waals surface area contributed by atoms with Crippen LogP contribution in [0.2, 0.25) is 5.02 Å². The fourth-order valence-electron chi connectivity index (χ4n) is 1.92. The van der Waals surface area contributed by atoms with Crippen LogP contribution in [0.15, 0.2) is 18.5 Å². The van der Waals surface area contributed by atoms with Gasteiger partial charge >= 0.3 is 5.97 Å². The van der Waals surface area contributed by atoms with Crippen molar-refractivity contribution >= 4 is 17.6 Å². The molecule has 1 aliphatic rings. The van der Waals surface area contributed by atoms with Gasteiger partial charge in [-0.25, -0.2) is 0 Å². The van der Waals surface area contributed by atoms with Gasteiger partial charge in [-0.05, 0) is 19.3 Å². The molecule has 1 aromatic rings. The van der Waals surface area contributed by atoms with Crippen molar-refractivity contribution in [2.45, 2.75) is 31.3 Å². The van der Waals surface area contributed by atoms with Gasteiger partial charge in [-0.3, -0.25) is 9.78 Å². The van der Waals surface area contributed by atoms with Crippen LogP contribution in [0.5, 0.6) is 5.75 Å². The molecule has 0 bridgehead atoms. The summed E-state index contributed by atoms with van der Waals surface area (Å²) in [5.74, 6) is 0.348. The van der Waals surface area contributed by atoms with E-state index in [0.717, 1.165) is 19.3 Å². The number of halogens is 1. The Morgan fingerprint density at radius 3 is 2.82 bits per heavy atom. The van der Waals surface area contributed by atoms with E-state index in [1.807, 2.05) is 0 Å². The number of esters is 1. The van der Waals surface area contributed by atoms with E-state index < -0.39 is 5.60 Å². The van der Waals surface area contributed by atoms with Crippen molar-refractivity contribution in [1.82, 2.24) is 4.98 Å². The van der Waals surface area contributed by atoms with E-state index in [2.05, 4.69) is 9.72 Å². The predicted molar refractivity (Wildman–Crippen MR) is 63.1 cm³/mol. The van der Waals surface area contributed by atoms with Crippen molar-refractivity contribution < 1.29 is 14.3 Å². The highest BCUT2D eigenvalue weighted by Gasteiger charge is 2.41. The summed E-state index contributed by atoms with van der Waals surface area (Å²) >= 11 is 5.83. The molecule has 1 heterocycles. The van der Waals surface area contributed by atoms with E-state index in [4.69, 9.17) is 16.3 Å². The number of rotatable bonds is 4. The van der Waals surface area contributed by atoms with Gasteiger partial charge in [0.15, 0.2) is 0 Å². The van der Waals surface area contributed by atoms with Crippen LogP contribution in [-0.2, 0) is 9.53 Å². The molecule has 0 amide bonds. The normalized spacial score (nSPS) is 17.1. The third kappa shape index (κ3) is 2.88. The highest BCUT2D eigenvalue weighted by Crippen LogP contribution is 2.39. The van der Waals surface area contributed by atoms with Gasteiger partial charge in [0, 0.05) is 12.3 Å². The summed E-state index contributed by atoms with van der Waals surface area (Å²) < 4.78 is 10.5. The lowest BCUT2D eigenvalue weighted by Crippen LogP contribution is -2.45. The molecule has 5 heteroatoms. The molecule has 1 aliphatic carbocycles. The molecule has 1 fully saturated rings. The minimum atomic E-state index is -0.431. The minimum Gasteiger partial charge on any atom is -0.485 e. The Morgan fingerprint density at radius 2 is 2.29 bits per heavy atom. The van der Waals surface area contributed by atoms with Gasteiger partial charge in [0.05, 0.1) is 24.8 Å². The van der Waals surface area contributed by atoms with E-state index in [0.29, 0.717) is 10.8 Å². The van der Waals surface area contributed by atoms with Crippen LogP contribution in [0, 0.1) is 0 Å². The standard InChI is InChI=1S/C12H14ClNO3/c1-16-11(15)6-12(3-2-4-12)17-10-5-9(13)7-14-8-10/h5,7-8H,2-4,6H2,1H3. The molecule has 0 N–H and O–H groups in total. The lowest BCUT2D eigenvalue weighted by atomic mass is 9.77. The van der Waals surface area contributed by atoms with Crippen LogP contribution in [0.25, 0.3) is 0 Å². The van der Waals surface area contributed by atoms with Crippen molar-refractivity contribution in [2.75, 3.05) is 7.11 Å². The number of hydrogen-bond acceptors (Lipinski definition) is 4. The first-order valence-corrected chi connectivity index (χ1v) is 5.88. The van der Waals surface area contributed by atoms with E-state index in [1.165, 1.54) is 7.11 Å². The summed E-state index contributed by atoms with van der Waals surface area (Å²) in [6.07, 6.45) is 6.19. The molecule has 2 rings (SSSR count). The number of methoxy groups -OCH3 is 1. The minimum absolute atomic E-state index is 0.250. The zero-order valence-electron chi connectivity index (χ0n) is 9.61. The number of carbonyl (C=O) groups excluding carboxylic acids is 1. The fraction of sp³-hybridized carbons (Fsp3) is 0.500. The first kappa shape index (κ1) is 12.2. The second kappa shape index (κ2) is 4.92. The molecular formula is C12H14ClNO3. The molecule has 0 aromatic carbocycles. The van der Waals surface area contributed by atoms with Crippen LogP contribution >= 0.6 is 11.6 Å². The van der Waals surface area contributed by atoms with Crippen molar-refractivity contribution in [3.05, 3.63) is 23.5 Å². The zero-order chi connectivity index (χ0) is 12.3. The SMILES string of the molecule is COC(=O)CC1(Oc2cncc(Cl)c2)CCC1. The number of ether oxygens (including phenoxy) is 2. The van der Waals surface area contributed by atoms with Crippen LogP contribution in [-0.4, -0.2) is 23.7 Å². The van der Waals surface area contributed by atoms with Crippen LogP contribution in [0.1, 0.15) is 25.7 Å². The molecule has 0 aliphatic heterocycles. The maximum atomic E-state index is 11.3. The molecule has 1 saturated carbocycles. The molecule has 92 valence electrons. The van der Waals surface area contributed by atoms with Gasteiger partial charge in [0.25, 0.3) is 0 Å². The van der Waals surface area contributed by atoms with Crippen LogP contribution in [0.4, 0.5) is 0 Å². The van der Waals surface area contributed by atoms with Gasteiger partial charge in [-0.2, -0.15) is 0 Å². The van der Waals surface area contributed by atoms with Gasteiger partial charge in [0.2, 0.25) is 0 Å². The number of nitrogens with zero attached hydrogens (tertiary/aromatic N) is 1. The van der Waals surface area contributed by atoms with Gasteiger partial charge in [0.1, 0.15) is 11.4 Å². The summed E-state index contributed by atoms with van der Waals surface area (Å²) in [5.41, 5.74) is -0.431. The molecule has 0 atom stereocenters. The van der Waals surface area contributed by atoms with Crippen molar-refractivity contribution in [2.24, 2.45) is 0 Å². The molecule has 0 spiro atoms. The van der Waals surface area contributed by atoms with E-state index >= 15 is 0 Å². The summed E-state index contributed by atoms with van der Waals surface area (Å²) in [7, 11) is 1.38. The van der Waals surface area contributed by atoms with Gasteiger partial charge in [-0.1, -0.05) is 11.6 Å². The third-order valence-corrected chi connectivity index (χ3v) is 3.18. The van der Waals surface area contributed by atoms with Crippen LogP contribution < -0.4 is 4.74 Å². The first-order valence-electron chi connectivity index (χ1n) is 5.50. The average Bonchev–Trinajstić information content (AvgIpc) is 2.26. The number of pyridine rings is 1. The Morgan fingerprint density at radius 1 is 1.53 bits per heavy atom. The van der Waals surface area contributed by atoms with E-state index in [9.17, 15) is 4.79 Å². The highest BCUT2D eigenvalue weighted by atomic mass is 35.5. The summed E-state index contributed by atoms with van der Waals surface area (Å²) in [4.78, 5) is 15.3. The number of aromatic nitrogens is 1. The Labute approximate surface area is 105 Å². The van der Waals surface area contributed by atoms with E-state index in [1.54, 1.807) is 18.5 Å². The second-order valence-electron chi connectivity index (χ2n) is 4.23. The maximum absolute atomic E-state index is 11.3. The van der Waals surface area contributed by atoms with Crippen molar-refractivity contribution in [3.63, 3.8) is 0 Å². The van der Waals surface area contributed by atoms with Crippen LogP contribution in [0.3, 0.4) is 0 Å². The molecule has 0 unspecified atom stereocenters. The average molecular weight is 256 g/mol. The van der Waals surface area contributed by atoms with Crippen molar-refractivity contribution in [1.29, 1.82) is 0 Å². The Bertz CT molecular complexity index is 418. The summed E-state index contributed by atoms with van der Waals surface area (Å²) in [6, 6.07) is 1.70. The summed E-state index contributed by atoms with van der Waals surface area (Å²) in [5, 5.41) is 0.523. The zero-order valence-corrected chi connectivity index (χ0v) is 10.4.